The molecule has 1 saturated heterocycles. The predicted molar refractivity (Wildman–Crippen MR) is 84.4 cm³/mol. The largest absolute Gasteiger partial charge is 0.491 e. The molecule has 6 nitrogen and oxygen atoms in total. The summed E-state index contributed by atoms with van der Waals surface area (Å²) in [5.74, 6) is 0.729. The molecule has 0 aliphatic carbocycles. The van der Waals surface area contributed by atoms with E-state index in [4.69, 9.17) is 14.2 Å². The number of urea groups is 1. The Bertz CT molecular complexity index is 461. The van der Waals surface area contributed by atoms with Crippen LogP contribution >= 0.6 is 0 Å². The van der Waals surface area contributed by atoms with Gasteiger partial charge in [-0.15, -0.1) is 0 Å². The van der Waals surface area contributed by atoms with Crippen LogP contribution in [0.1, 0.15) is 19.3 Å². The van der Waals surface area contributed by atoms with E-state index in [0.29, 0.717) is 25.4 Å². The topological polar surface area (TPSA) is 68.8 Å². The zero-order chi connectivity index (χ0) is 15.6. The summed E-state index contributed by atoms with van der Waals surface area (Å²) in [5.41, 5.74) is 0.703. The molecule has 0 spiro atoms. The number of anilines is 1. The van der Waals surface area contributed by atoms with E-state index >= 15 is 0 Å². The van der Waals surface area contributed by atoms with Gasteiger partial charge < -0.3 is 24.8 Å². The Morgan fingerprint density at radius 1 is 1.45 bits per heavy atom. The van der Waals surface area contributed by atoms with Crippen LogP contribution in [0.3, 0.4) is 0 Å². The zero-order valence-corrected chi connectivity index (χ0v) is 13.0. The first-order chi connectivity index (χ1) is 10.8. The highest BCUT2D eigenvalue weighted by Gasteiger charge is 2.16. The Morgan fingerprint density at radius 2 is 2.36 bits per heavy atom. The Kier molecular flexibility index (Phi) is 6.99. The van der Waals surface area contributed by atoms with Crippen LogP contribution in [0.4, 0.5) is 10.5 Å². The minimum atomic E-state index is -0.229. The molecule has 0 bridgehead atoms. The van der Waals surface area contributed by atoms with Gasteiger partial charge in [0.15, 0.2) is 0 Å². The van der Waals surface area contributed by atoms with Crippen LogP contribution in [0.25, 0.3) is 0 Å². The fourth-order valence-corrected chi connectivity index (χ4v) is 2.22. The van der Waals surface area contributed by atoms with E-state index in [0.717, 1.165) is 31.6 Å². The Balaban J connectivity index is 1.74. The van der Waals surface area contributed by atoms with Crippen LogP contribution in [-0.2, 0) is 9.47 Å². The van der Waals surface area contributed by atoms with E-state index in [1.54, 1.807) is 7.11 Å². The molecule has 0 aromatic heterocycles. The van der Waals surface area contributed by atoms with Gasteiger partial charge in [0.2, 0.25) is 0 Å². The third-order valence-corrected chi connectivity index (χ3v) is 3.36. The first-order valence-corrected chi connectivity index (χ1v) is 7.66. The van der Waals surface area contributed by atoms with Crippen molar-refractivity contribution in [3.05, 3.63) is 24.3 Å². The van der Waals surface area contributed by atoms with Crippen molar-refractivity contribution in [2.75, 3.05) is 38.8 Å². The van der Waals surface area contributed by atoms with E-state index in [1.807, 2.05) is 24.3 Å². The first-order valence-electron chi connectivity index (χ1n) is 7.66. The van der Waals surface area contributed by atoms with Gasteiger partial charge in [-0.2, -0.15) is 0 Å². The lowest BCUT2D eigenvalue weighted by atomic mass is 10.2. The summed E-state index contributed by atoms with van der Waals surface area (Å²) in [6.45, 7) is 2.58. The molecule has 1 heterocycles. The standard InChI is InChI=1S/C16H24N2O4/c1-20-9-4-8-17-16(19)18-13-5-2-6-14(11-13)22-12-15-7-3-10-21-15/h2,5-6,11,15H,3-4,7-10,12H2,1H3,(H2,17,18,19). The normalized spacial score (nSPS) is 17.2. The zero-order valence-electron chi connectivity index (χ0n) is 13.0. The number of carbonyl (C=O) groups is 1. The van der Waals surface area contributed by atoms with Crippen molar-refractivity contribution in [3.63, 3.8) is 0 Å². The molecule has 2 N–H and O–H groups in total. The van der Waals surface area contributed by atoms with E-state index < -0.39 is 0 Å². The summed E-state index contributed by atoms with van der Waals surface area (Å²) in [5, 5.41) is 5.56. The molecule has 1 atom stereocenters. The first kappa shape index (κ1) is 16.6. The van der Waals surface area contributed by atoms with Crippen LogP contribution in [0.2, 0.25) is 0 Å². The molecule has 22 heavy (non-hydrogen) atoms. The second-order valence-electron chi connectivity index (χ2n) is 5.20. The van der Waals surface area contributed by atoms with Crippen molar-refractivity contribution >= 4 is 11.7 Å². The van der Waals surface area contributed by atoms with E-state index in [-0.39, 0.29) is 12.1 Å². The van der Waals surface area contributed by atoms with Gasteiger partial charge in [0, 0.05) is 38.6 Å². The van der Waals surface area contributed by atoms with Crippen molar-refractivity contribution in [1.29, 1.82) is 0 Å². The fourth-order valence-electron chi connectivity index (χ4n) is 2.22. The Labute approximate surface area is 131 Å². The summed E-state index contributed by atoms with van der Waals surface area (Å²) in [6.07, 6.45) is 3.11. The molecule has 2 amide bonds. The quantitative estimate of drug-likeness (QED) is 0.724. The molecule has 1 aliphatic rings. The highest BCUT2D eigenvalue weighted by Crippen LogP contribution is 2.19. The molecule has 0 saturated carbocycles. The number of methoxy groups -OCH3 is 1. The summed E-state index contributed by atoms with van der Waals surface area (Å²) in [6, 6.07) is 7.13. The monoisotopic (exact) mass is 308 g/mol. The van der Waals surface area contributed by atoms with Crippen LogP contribution in [0.5, 0.6) is 5.75 Å². The summed E-state index contributed by atoms with van der Waals surface area (Å²) >= 11 is 0. The molecule has 1 aromatic carbocycles. The van der Waals surface area contributed by atoms with Crippen molar-refractivity contribution in [2.24, 2.45) is 0 Å². The van der Waals surface area contributed by atoms with Gasteiger partial charge in [-0.3, -0.25) is 0 Å². The van der Waals surface area contributed by atoms with Gasteiger partial charge in [0.05, 0.1) is 6.10 Å². The maximum absolute atomic E-state index is 11.7. The lowest BCUT2D eigenvalue weighted by Gasteiger charge is -2.13. The molecule has 2 rings (SSSR count). The fraction of sp³-hybridized carbons (Fsp3) is 0.562. The Morgan fingerprint density at radius 3 is 3.14 bits per heavy atom. The number of amides is 2. The van der Waals surface area contributed by atoms with Gasteiger partial charge in [0.25, 0.3) is 0 Å². The summed E-state index contributed by atoms with van der Waals surface area (Å²) in [4.78, 5) is 11.7. The van der Waals surface area contributed by atoms with Crippen LogP contribution in [0, 0.1) is 0 Å². The highest BCUT2D eigenvalue weighted by atomic mass is 16.5. The van der Waals surface area contributed by atoms with Crippen molar-refractivity contribution in [3.8, 4) is 5.75 Å². The minimum Gasteiger partial charge on any atom is -0.491 e. The molecule has 0 radical (unpaired) electrons. The second-order valence-corrected chi connectivity index (χ2v) is 5.20. The highest BCUT2D eigenvalue weighted by molar-refractivity contribution is 5.89. The number of rotatable bonds is 8. The summed E-state index contributed by atoms with van der Waals surface area (Å²) < 4.78 is 16.2. The maximum Gasteiger partial charge on any atom is 0.319 e. The third kappa shape index (κ3) is 5.91. The van der Waals surface area contributed by atoms with Gasteiger partial charge >= 0.3 is 6.03 Å². The molecule has 1 fully saturated rings. The van der Waals surface area contributed by atoms with Gasteiger partial charge in [-0.05, 0) is 31.4 Å². The molecular weight excluding hydrogens is 284 g/mol. The number of hydrogen-bond acceptors (Lipinski definition) is 4. The lowest BCUT2D eigenvalue weighted by Crippen LogP contribution is -2.30. The van der Waals surface area contributed by atoms with Crippen molar-refractivity contribution in [1.82, 2.24) is 5.32 Å². The molecule has 1 unspecified atom stereocenters. The van der Waals surface area contributed by atoms with Gasteiger partial charge in [-0.1, -0.05) is 6.07 Å². The average Bonchev–Trinajstić information content (AvgIpc) is 3.03. The van der Waals surface area contributed by atoms with E-state index in [1.165, 1.54) is 0 Å². The number of carbonyl (C=O) groups excluding carboxylic acids is 1. The van der Waals surface area contributed by atoms with E-state index in [9.17, 15) is 4.79 Å². The van der Waals surface area contributed by atoms with Gasteiger partial charge in [-0.25, -0.2) is 4.79 Å². The number of ether oxygens (including phenoxy) is 3. The Hall–Kier alpha value is -1.79. The van der Waals surface area contributed by atoms with Gasteiger partial charge in [0.1, 0.15) is 12.4 Å². The van der Waals surface area contributed by atoms with Crippen molar-refractivity contribution in [2.45, 2.75) is 25.4 Å². The third-order valence-electron chi connectivity index (χ3n) is 3.36. The van der Waals surface area contributed by atoms with Crippen LogP contribution < -0.4 is 15.4 Å². The smallest absolute Gasteiger partial charge is 0.319 e. The van der Waals surface area contributed by atoms with E-state index in [2.05, 4.69) is 10.6 Å². The average molecular weight is 308 g/mol. The molecule has 1 aromatic rings. The molecule has 122 valence electrons. The molecule has 6 heteroatoms. The van der Waals surface area contributed by atoms with Crippen LogP contribution in [0.15, 0.2) is 24.3 Å². The molecular formula is C16H24N2O4. The molecule has 1 aliphatic heterocycles. The minimum absolute atomic E-state index is 0.181. The second kappa shape index (κ2) is 9.27. The number of hydrogen-bond donors (Lipinski definition) is 2. The number of nitrogens with one attached hydrogen (secondary N) is 2. The summed E-state index contributed by atoms with van der Waals surface area (Å²) in [7, 11) is 1.64. The lowest BCUT2D eigenvalue weighted by molar-refractivity contribution is 0.0680. The van der Waals surface area contributed by atoms with Crippen molar-refractivity contribution < 1.29 is 19.0 Å². The predicted octanol–water partition coefficient (Wildman–Crippen LogP) is 2.40. The SMILES string of the molecule is COCCCNC(=O)Nc1cccc(OCC2CCCO2)c1. The van der Waals surface area contributed by atoms with Crippen LogP contribution in [-0.4, -0.2) is 45.6 Å². The maximum atomic E-state index is 11.7. The number of benzene rings is 1.